The minimum atomic E-state index is -4.56. The molecule has 2 atom stereocenters. The van der Waals surface area contributed by atoms with Gasteiger partial charge in [0, 0.05) is 44.9 Å². The zero-order valence-electron chi connectivity index (χ0n) is 21.2. The first-order valence-electron chi connectivity index (χ1n) is 12.5. The van der Waals surface area contributed by atoms with E-state index in [4.69, 9.17) is 9.47 Å². The fourth-order valence-corrected chi connectivity index (χ4v) is 5.68. The monoisotopic (exact) mass is 536 g/mol. The van der Waals surface area contributed by atoms with Crippen molar-refractivity contribution in [3.63, 3.8) is 0 Å². The third-order valence-corrected chi connectivity index (χ3v) is 8.72. The van der Waals surface area contributed by atoms with Crippen LogP contribution in [-0.4, -0.2) is 61.0 Å². The smallest absolute Gasteiger partial charge is 0.431 e. The number of aromatic nitrogens is 2. The van der Waals surface area contributed by atoms with Crippen molar-refractivity contribution in [2.24, 2.45) is 0 Å². The Morgan fingerprint density at radius 2 is 1.92 bits per heavy atom. The molecule has 0 unspecified atom stereocenters. The lowest BCUT2D eigenvalue weighted by atomic mass is 9.92. The topological polar surface area (TPSA) is 51.6 Å². The van der Waals surface area contributed by atoms with Crippen LogP contribution in [0.5, 0.6) is 5.75 Å². The number of alkyl halides is 4. The number of benzene rings is 1. The maximum absolute atomic E-state index is 14.1. The summed E-state index contributed by atoms with van der Waals surface area (Å²) in [6, 6.07) is 10.6. The van der Waals surface area contributed by atoms with Gasteiger partial charge in [0.05, 0.1) is 17.6 Å². The second-order valence-electron chi connectivity index (χ2n) is 11.0. The molecule has 0 bridgehead atoms. The molecule has 37 heavy (non-hydrogen) atoms. The minimum absolute atomic E-state index is 0.187. The molecule has 200 valence electrons. The Kier molecular flexibility index (Phi) is 6.97. The highest BCUT2D eigenvalue weighted by Gasteiger charge is 2.41. The minimum Gasteiger partial charge on any atom is -0.491 e. The lowest BCUT2D eigenvalue weighted by Crippen LogP contribution is -2.59. The van der Waals surface area contributed by atoms with Crippen molar-refractivity contribution >= 4 is 24.8 Å². The molecule has 6 nitrogen and oxygen atoms in total. The number of nitrogens with one attached hydrogen (secondary N) is 1. The van der Waals surface area contributed by atoms with Gasteiger partial charge in [-0.3, -0.25) is 4.90 Å². The van der Waals surface area contributed by atoms with Crippen molar-refractivity contribution in [1.82, 2.24) is 14.5 Å². The van der Waals surface area contributed by atoms with Crippen LogP contribution in [0.2, 0.25) is 25.7 Å². The molecule has 11 heteroatoms. The molecule has 1 saturated heterocycles. The van der Waals surface area contributed by atoms with Crippen LogP contribution in [0.3, 0.4) is 0 Å². The third-order valence-electron chi connectivity index (χ3n) is 7.01. The molecular formula is C26H32F4N4O2Si. The lowest BCUT2D eigenvalue weighted by Gasteiger charge is -2.46. The van der Waals surface area contributed by atoms with Crippen LogP contribution in [0.25, 0.3) is 10.9 Å². The summed E-state index contributed by atoms with van der Waals surface area (Å²) in [6.45, 7) is 7.75. The summed E-state index contributed by atoms with van der Waals surface area (Å²) in [5.41, 5.74) is 0.478. The van der Waals surface area contributed by atoms with Gasteiger partial charge in [-0.05, 0) is 24.2 Å². The van der Waals surface area contributed by atoms with Gasteiger partial charge in [0.25, 0.3) is 0 Å². The van der Waals surface area contributed by atoms with Crippen LogP contribution >= 0.6 is 0 Å². The normalized spacial score (nSPS) is 20.9. The number of nitrogens with zero attached hydrogens (tertiary/aromatic N) is 3. The molecule has 0 spiro atoms. The van der Waals surface area contributed by atoms with Crippen LogP contribution < -0.4 is 10.1 Å². The van der Waals surface area contributed by atoms with E-state index in [-0.39, 0.29) is 18.8 Å². The molecule has 1 aromatic carbocycles. The first kappa shape index (κ1) is 26.0. The highest BCUT2D eigenvalue weighted by Crippen LogP contribution is 2.41. The SMILES string of the molecule is C[Si](C)(C)CCOCn1c(C(F)(F)F)cc2c(N[C@H]3c4ccccc4OC[C@@H]3N3CC(F)C3)nccc21. The van der Waals surface area contributed by atoms with Gasteiger partial charge in [-0.25, -0.2) is 9.37 Å². The number of pyridine rings is 1. The number of ether oxygens (including phenoxy) is 2. The maximum Gasteiger partial charge on any atom is 0.431 e. The Morgan fingerprint density at radius 1 is 1.16 bits per heavy atom. The van der Waals surface area contributed by atoms with Crippen LogP contribution in [0.1, 0.15) is 17.3 Å². The highest BCUT2D eigenvalue weighted by molar-refractivity contribution is 6.76. The van der Waals surface area contributed by atoms with E-state index in [0.717, 1.165) is 17.7 Å². The summed E-state index contributed by atoms with van der Waals surface area (Å²) in [7, 11) is -1.38. The van der Waals surface area contributed by atoms with Crippen LogP contribution in [0, 0.1) is 0 Å². The highest BCUT2D eigenvalue weighted by atomic mass is 28.3. The van der Waals surface area contributed by atoms with E-state index in [1.165, 1.54) is 10.8 Å². The van der Waals surface area contributed by atoms with Gasteiger partial charge in [0.1, 0.15) is 36.8 Å². The predicted octanol–water partition coefficient (Wildman–Crippen LogP) is 5.94. The summed E-state index contributed by atoms with van der Waals surface area (Å²) in [5.74, 6) is 1.04. The number of hydrogen-bond acceptors (Lipinski definition) is 5. The number of para-hydroxylation sites is 1. The molecule has 3 aromatic rings. The zero-order valence-corrected chi connectivity index (χ0v) is 22.2. The van der Waals surface area contributed by atoms with Gasteiger partial charge in [-0.2, -0.15) is 13.2 Å². The summed E-state index contributed by atoms with van der Waals surface area (Å²) in [5, 5.41) is 3.76. The fraction of sp³-hybridized carbons (Fsp3) is 0.500. The van der Waals surface area contributed by atoms with Crippen molar-refractivity contribution in [2.75, 3.05) is 31.6 Å². The molecular weight excluding hydrogens is 504 g/mol. The number of rotatable bonds is 8. The van der Waals surface area contributed by atoms with Crippen LogP contribution in [-0.2, 0) is 17.6 Å². The Morgan fingerprint density at radius 3 is 2.62 bits per heavy atom. The van der Waals surface area contributed by atoms with Crippen molar-refractivity contribution in [3.05, 3.63) is 53.9 Å². The number of halogens is 4. The molecule has 1 N–H and O–H groups in total. The summed E-state index contributed by atoms with van der Waals surface area (Å²) in [6.07, 6.45) is -3.94. The zero-order chi connectivity index (χ0) is 26.4. The van der Waals surface area contributed by atoms with Gasteiger partial charge in [-0.15, -0.1) is 0 Å². The second kappa shape index (κ2) is 9.92. The average molecular weight is 537 g/mol. The van der Waals surface area contributed by atoms with E-state index in [1.807, 2.05) is 29.2 Å². The average Bonchev–Trinajstić information content (AvgIpc) is 3.20. The number of hydrogen-bond donors (Lipinski definition) is 1. The van der Waals surface area contributed by atoms with E-state index < -0.39 is 26.1 Å². The standard InChI is InChI=1S/C26H32F4N4O2Si/c1-37(2,3)11-10-35-16-34-20-8-9-31-25(19(20)12-23(34)26(28,29)30)32-24-18-6-4-5-7-22(18)36-15-21(24)33-13-17(27)14-33/h4-9,12,17,21,24H,10-11,13-16H2,1-3H3,(H,31,32)/t21-,24-/m0/s1. The van der Waals surface area contributed by atoms with Crippen LogP contribution in [0.15, 0.2) is 42.6 Å². The van der Waals surface area contributed by atoms with E-state index >= 15 is 0 Å². The number of fused-ring (bicyclic) bond motifs is 2. The first-order valence-corrected chi connectivity index (χ1v) is 16.2. The number of likely N-dealkylation sites (tertiary alicyclic amines) is 1. The Bertz CT molecular complexity index is 1250. The van der Waals surface area contributed by atoms with E-state index in [2.05, 4.69) is 29.9 Å². The predicted molar refractivity (Wildman–Crippen MR) is 137 cm³/mol. The van der Waals surface area contributed by atoms with Gasteiger partial charge >= 0.3 is 6.18 Å². The molecule has 2 aliphatic rings. The van der Waals surface area contributed by atoms with Gasteiger partial charge in [0.15, 0.2) is 0 Å². The quantitative estimate of drug-likeness (QED) is 0.220. The number of anilines is 1. The van der Waals surface area contributed by atoms with Crippen molar-refractivity contribution in [2.45, 2.75) is 56.8 Å². The van der Waals surface area contributed by atoms with Gasteiger partial charge < -0.3 is 19.4 Å². The molecule has 1 fully saturated rings. The van der Waals surface area contributed by atoms with E-state index in [9.17, 15) is 17.6 Å². The Balaban J connectivity index is 1.49. The Hall–Kier alpha value is -2.63. The van der Waals surface area contributed by atoms with E-state index in [1.54, 1.807) is 6.07 Å². The molecule has 0 aliphatic carbocycles. The molecule has 4 heterocycles. The largest absolute Gasteiger partial charge is 0.491 e. The summed E-state index contributed by atoms with van der Waals surface area (Å²) in [4.78, 5) is 6.43. The van der Waals surface area contributed by atoms with Crippen molar-refractivity contribution in [1.29, 1.82) is 0 Å². The maximum atomic E-state index is 14.1. The molecule has 2 aromatic heterocycles. The van der Waals surface area contributed by atoms with Crippen molar-refractivity contribution < 1.29 is 27.0 Å². The van der Waals surface area contributed by atoms with Crippen LogP contribution in [0.4, 0.5) is 23.4 Å². The summed E-state index contributed by atoms with van der Waals surface area (Å²) < 4.78 is 68.7. The first-order chi connectivity index (χ1) is 17.5. The molecule has 2 aliphatic heterocycles. The van der Waals surface area contributed by atoms with Gasteiger partial charge in [-0.1, -0.05) is 37.8 Å². The molecule has 0 saturated carbocycles. The fourth-order valence-electron chi connectivity index (χ4n) is 4.92. The molecule has 5 rings (SSSR count). The molecule has 0 amide bonds. The van der Waals surface area contributed by atoms with Crippen molar-refractivity contribution in [3.8, 4) is 5.75 Å². The third kappa shape index (κ3) is 5.48. The Labute approximate surface area is 214 Å². The summed E-state index contributed by atoms with van der Waals surface area (Å²) >= 11 is 0. The van der Waals surface area contributed by atoms with E-state index in [0.29, 0.717) is 48.8 Å². The second-order valence-corrected chi connectivity index (χ2v) is 16.6. The van der Waals surface area contributed by atoms with Gasteiger partial charge in [0.2, 0.25) is 0 Å². The molecule has 0 radical (unpaired) electrons. The lowest BCUT2D eigenvalue weighted by molar-refractivity contribution is -0.145.